The number of amides is 4. The van der Waals surface area contributed by atoms with E-state index in [1.54, 1.807) is 46.4 Å². The first-order chi connectivity index (χ1) is 27.4. The highest BCUT2D eigenvalue weighted by molar-refractivity contribution is 6.42. The molecule has 5 saturated heterocycles. The van der Waals surface area contributed by atoms with Crippen molar-refractivity contribution in [3.8, 4) is 17.2 Å². The van der Waals surface area contributed by atoms with Crippen molar-refractivity contribution >= 4 is 47.0 Å². The number of pyridine rings is 1. The molecular weight excluding hydrogens is 777 g/mol. The number of rotatable bonds is 11. The molecule has 5 aliphatic heterocycles. The van der Waals surface area contributed by atoms with E-state index in [-0.39, 0.29) is 5.91 Å². The van der Waals surface area contributed by atoms with E-state index in [1.165, 1.54) is 21.3 Å². The predicted molar refractivity (Wildman–Crippen MR) is 211 cm³/mol. The molecule has 2 N–H and O–H groups in total. The van der Waals surface area contributed by atoms with Crippen molar-refractivity contribution in [3.63, 3.8) is 0 Å². The second kappa shape index (κ2) is 16.7. The molecule has 5 aliphatic rings. The van der Waals surface area contributed by atoms with Gasteiger partial charge in [-0.25, -0.2) is 19.6 Å². The third-order valence-corrected chi connectivity index (χ3v) is 12.9. The fourth-order valence-corrected chi connectivity index (χ4v) is 9.17. The number of hydrogen-bond acceptors (Lipinski definition) is 11. The number of carboxylic acids is 1. The number of urea groups is 1. The monoisotopic (exact) mass is 823 g/mol. The number of piperidine rings is 1. The number of benzene rings is 2. The molecule has 304 valence electrons. The average Bonchev–Trinajstić information content (AvgIpc) is 3.69. The summed E-state index contributed by atoms with van der Waals surface area (Å²) in [5.41, 5.74) is 0.374. The van der Waals surface area contributed by atoms with E-state index in [0.29, 0.717) is 123 Å². The number of aromatic nitrogens is 1. The van der Waals surface area contributed by atoms with E-state index in [2.05, 4.69) is 15.2 Å². The van der Waals surface area contributed by atoms with Crippen LogP contribution in [0.5, 0.6) is 17.2 Å². The van der Waals surface area contributed by atoms with Gasteiger partial charge in [-0.2, -0.15) is 0 Å². The number of ether oxygens (including phenoxy) is 3. The number of fused-ring (bicyclic) bond motifs is 3. The molecule has 8 rings (SSSR count). The summed E-state index contributed by atoms with van der Waals surface area (Å²) in [6.07, 6.45) is 2.58. The van der Waals surface area contributed by atoms with Gasteiger partial charge in [-0.15, -0.1) is 0 Å². The molecule has 4 amide bonds. The fraction of sp³-hybridized carbons (Fsp3) is 0.475. The van der Waals surface area contributed by atoms with Crippen molar-refractivity contribution in [2.75, 3.05) is 80.2 Å². The number of nitrogens with one attached hydrogen (secondary N) is 1. The Labute approximate surface area is 341 Å². The van der Waals surface area contributed by atoms with E-state index < -0.39 is 34.9 Å². The Kier molecular flexibility index (Phi) is 11.8. The predicted octanol–water partition coefficient (Wildman–Crippen LogP) is 4.12. The molecular formula is C40H47Cl2N7O8. The number of hydrazine groups is 1. The molecule has 57 heavy (non-hydrogen) atoms. The second-order valence-electron chi connectivity index (χ2n) is 15.0. The summed E-state index contributed by atoms with van der Waals surface area (Å²) in [6.45, 7) is 4.69. The molecule has 17 heteroatoms. The van der Waals surface area contributed by atoms with Gasteiger partial charge in [0.05, 0.1) is 42.5 Å². The molecule has 0 saturated carbocycles. The number of nitrogens with zero attached hydrogens (tertiary/aromatic N) is 6. The number of likely N-dealkylation sites (tertiary alicyclic amines) is 2. The summed E-state index contributed by atoms with van der Waals surface area (Å²) < 4.78 is 16.5. The van der Waals surface area contributed by atoms with Gasteiger partial charge in [0.2, 0.25) is 17.8 Å². The van der Waals surface area contributed by atoms with Gasteiger partial charge in [0, 0.05) is 56.4 Å². The summed E-state index contributed by atoms with van der Waals surface area (Å²) in [6, 6.07) is 13.6. The van der Waals surface area contributed by atoms with Crippen LogP contribution in [-0.4, -0.2) is 145 Å². The van der Waals surface area contributed by atoms with Gasteiger partial charge in [-0.1, -0.05) is 35.3 Å². The highest BCUT2D eigenvalue weighted by Crippen LogP contribution is 2.43. The highest BCUT2D eigenvalue weighted by Gasteiger charge is 2.50. The van der Waals surface area contributed by atoms with Gasteiger partial charge < -0.3 is 29.1 Å². The SMILES string of the molecule is COc1cc(C(=O)N2CCC(CCN3CCC(C(=O)NC(=O)N4C(C(=O)O)N5CCN4CC5)(c4ccccn4)CC3)(c3ccc(Cl)c(Cl)c3)C2)cc(OC)c1OC. The third kappa shape index (κ3) is 7.70. The smallest absolute Gasteiger partial charge is 0.343 e. The van der Waals surface area contributed by atoms with Gasteiger partial charge in [0.15, 0.2) is 11.5 Å². The molecule has 5 fully saturated rings. The van der Waals surface area contributed by atoms with Crippen LogP contribution in [0.4, 0.5) is 4.79 Å². The Morgan fingerprint density at radius 2 is 1.56 bits per heavy atom. The molecule has 0 spiro atoms. The van der Waals surface area contributed by atoms with Crippen molar-refractivity contribution in [2.24, 2.45) is 0 Å². The van der Waals surface area contributed by atoms with E-state index in [0.717, 1.165) is 10.6 Å². The maximum absolute atomic E-state index is 14.3. The Hall–Kier alpha value is -4.67. The largest absolute Gasteiger partial charge is 0.493 e. The zero-order chi connectivity index (χ0) is 40.5. The third-order valence-electron chi connectivity index (χ3n) is 12.1. The highest BCUT2D eigenvalue weighted by atomic mass is 35.5. The molecule has 3 aromatic rings. The van der Waals surface area contributed by atoms with Crippen LogP contribution in [0.3, 0.4) is 0 Å². The van der Waals surface area contributed by atoms with Gasteiger partial charge in [-0.3, -0.25) is 24.8 Å². The van der Waals surface area contributed by atoms with Crippen LogP contribution in [0.15, 0.2) is 54.7 Å². The van der Waals surface area contributed by atoms with Crippen molar-refractivity contribution in [1.29, 1.82) is 0 Å². The van der Waals surface area contributed by atoms with E-state index in [4.69, 9.17) is 37.4 Å². The maximum Gasteiger partial charge on any atom is 0.343 e. The van der Waals surface area contributed by atoms with Crippen LogP contribution < -0.4 is 19.5 Å². The number of methoxy groups -OCH3 is 3. The lowest BCUT2D eigenvalue weighted by molar-refractivity contribution is -0.190. The molecule has 0 radical (unpaired) electrons. The van der Waals surface area contributed by atoms with Crippen molar-refractivity contribution in [3.05, 3.63) is 81.6 Å². The fourth-order valence-electron chi connectivity index (χ4n) is 8.87. The average molecular weight is 825 g/mol. The number of piperazine rings is 1. The molecule has 2 aromatic carbocycles. The number of carboxylic acid groups (broad SMARTS) is 1. The normalized spacial score (nSPS) is 24.2. The van der Waals surface area contributed by atoms with Crippen LogP contribution in [-0.2, 0) is 20.4 Å². The number of carbonyl (C=O) groups excluding carboxylic acids is 3. The van der Waals surface area contributed by atoms with E-state index in [9.17, 15) is 24.3 Å². The number of hydrogen-bond donors (Lipinski definition) is 2. The maximum atomic E-state index is 14.3. The van der Waals surface area contributed by atoms with Gasteiger partial charge in [0.1, 0.15) is 0 Å². The van der Waals surface area contributed by atoms with Crippen LogP contribution in [0.2, 0.25) is 10.0 Å². The lowest BCUT2D eigenvalue weighted by Crippen LogP contribution is -2.74. The zero-order valence-electron chi connectivity index (χ0n) is 32.2. The summed E-state index contributed by atoms with van der Waals surface area (Å²) in [5.74, 6) is -0.646. The van der Waals surface area contributed by atoms with Crippen molar-refractivity contribution in [2.45, 2.75) is 42.7 Å². The van der Waals surface area contributed by atoms with Gasteiger partial charge >= 0.3 is 12.0 Å². The summed E-state index contributed by atoms with van der Waals surface area (Å²) in [7, 11) is 4.53. The number of halogens is 2. The minimum Gasteiger partial charge on any atom is -0.493 e. The Balaban J connectivity index is 1.08. The second-order valence-corrected chi connectivity index (χ2v) is 15.8. The summed E-state index contributed by atoms with van der Waals surface area (Å²) >= 11 is 12.9. The van der Waals surface area contributed by atoms with E-state index >= 15 is 0 Å². The first-order valence-corrected chi connectivity index (χ1v) is 19.7. The number of aliphatic carboxylic acids is 1. The van der Waals surface area contributed by atoms with Crippen LogP contribution in [0.1, 0.15) is 47.3 Å². The summed E-state index contributed by atoms with van der Waals surface area (Å²) in [4.78, 5) is 64.7. The van der Waals surface area contributed by atoms with Crippen molar-refractivity contribution < 1.29 is 38.5 Å². The lowest BCUT2D eigenvalue weighted by Gasteiger charge is -2.52. The molecule has 2 bridgehead atoms. The standard InChI is InChI=1S/C40H47Cl2N7O8/c1-55-30-22-26(23-31(56-2)33(30)57-3)35(50)47-17-10-39(25-47,27-7-8-28(41)29(42)24-27)9-14-45-15-11-40(12-16-45,32-6-4-5-13-43-32)37(53)44-38(54)49-34(36(51)52)46-18-20-48(49)21-19-46/h4-8,13,22-24,34H,9-12,14-21,25H2,1-3H3,(H,51,52)(H,44,53,54). The molecule has 15 nitrogen and oxygen atoms in total. The summed E-state index contributed by atoms with van der Waals surface area (Å²) in [5, 5.41) is 16.3. The Morgan fingerprint density at radius 3 is 2.16 bits per heavy atom. The Morgan fingerprint density at radius 1 is 0.860 bits per heavy atom. The molecule has 2 atom stereocenters. The van der Waals surface area contributed by atoms with E-state index in [1.807, 2.05) is 23.1 Å². The quantitative estimate of drug-likeness (QED) is 0.286. The topological polar surface area (TPSA) is 157 Å². The first kappa shape index (κ1) is 40.5. The molecule has 2 unspecified atom stereocenters. The van der Waals surface area contributed by atoms with Crippen LogP contribution in [0.25, 0.3) is 0 Å². The van der Waals surface area contributed by atoms with Crippen LogP contribution >= 0.6 is 23.2 Å². The minimum atomic E-state index is -1.18. The lowest BCUT2D eigenvalue weighted by atomic mass is 9.73. The number of imide groups is 1. The zero-order valence-corrected chi connectivity index (χ0v) is 33.7. The Bertz CT molecular complexity index is 1980. The van der Waals surface area contributed by atoms with Gasteiger partial charge in [0.25, 0.3) is 5.91 Å². The molecule has 0 aliphatic carbocycles. The minimum absolute atomic E-state index is 0.170. The number of carbonyl (C=O) groups is 4. The van der Waals surface area contributed by atoms with Gasteiger partial charge in [-0.05, 0) is 87.3 Å². The molecule has 6 heterocycles. The van der Waals surface area contributed by atoms with Crippen molar-refractivity contribution in [1.82, 2.24) is 35.0 Å². The van der Waals surface area contributed by atoms with Crippen LogP contribution in [0, 0.1) is 0 Å². The first-order valence-electron chi connectivity index (χ1n) is 19.0. The molecule has 1 aromatic heterocycles.